The average molecular weight is 367 g/mol. The Kier molecular flexibility index (Phi) is 5.58. The van der Waals surface area contributed by atoms with Gasteiger partial charge < -0.3 is 14.8 Å². The second-order valence-corrected chi connectivity index (χ2v) is 6.99. The van der Waals surface area contributed by atoms with E-state index in [2.05, 4.69) is 5.32 Å². The smallest absolute Gasteiger partial charge is 0.265 e. The van der Waals surface area contributed by atoms with Crippen molar-refractivity contribution in [3.05, 3.63) is 75.5 Å². The van der Waals surface area contributed by atoms with Crippen LogP contribution < -0.4 is 14.8 Å². The molecule has 1 aromatic heterocycles. The van der Waals surface area contributed by atoms with Gasteiger partial charge >= 0.3 is 0 Å². The van der Waals surface area contributed by atoms with Crippen LogP contribution in [0.2, 0.25) is 0 Å². The molecule has 1 heterocycles. The highest BCUT2D eigenvalue weighted by Crippen LogP contribution is 2.29. The number of hydrogen-bond acceptors (Lipinski definition) is 4. The molecule has 0 aliphatic rings. The predicted molar refractivity (Wildman–Crippen MR) is 106 cm³/mol. The van der Waals surface area contributed by atoms with Crippen LogP contribution in [0.3, 0.4) is 0 Å². The second-order valence-electron chi connectivity index (χ2n) is 6.08. The lowest BCUT2D eigenvalue weighted by Gasteiger charge is -2.10. The maximum absolute atomic E-state index is 12.4. The fraction of sp³-hybridized carbons (Fsp3) is 0.190. The van der Waals surface area contributed by atoms with E-state index in [1.54, 1.807) is 7.11 Å². The monoisotopic (exact) mass is 367 g/mol. The molecule has 3 rings (SSSR count). The van der Waals surface area contributed by atoms with E-state index in [9.17, 15) is 4.79 Å². The summed E-state index contributed by atoms with van der Waals surface area (Å²) in [5.41, 5.74) is 4.01. The van der Waals surface area contributed by atoms with Crippen molar-refractivity contribution < 1.29 is 14.3 Å². The second kappa shape index (κ2) is 8.06. The van der Waals surface area contributed by atoms with Crippen molar-refractivity contribution >= 4 is 22.9 Å². The van der Waals surface area contributed by atoms with Gasteiger partial charge in [0, 0.05) is 11.3 Å². The molecule has 0 radical (unpaired) electrons. The number of amides is 1. The van der Waals surface area contributed by atoms with Crippen LogP contribution in [0, 0.1) is 13.8 Å². The van der Waals surface area contributed by atoms with Crippen molar-refractivity contribution in [1.82, 2.24) is 0 Å². The molecule has 2 aromatic carbocycles. The summed E-state index contributed by atoms with van der Waals surface area (Å²) in [5.74, 6) is 1.28. The first kappa shape index (κ1) is 18.0. The summed E-state index contributed by atoms with van der Waals surface area (Å²) in [7, 11) is 1.62. The van der Waals surface area contributed by atoms with Crippen LogP contribution in [0.15, 0.2) is 53.9 Å². The summed E-state index contributed by atoms with van der Waals surface area (Å²) >= 11 is 1.40. The maximum Gasteiger partial charge on any atom is 0.265 e. The van der Waals surface area contributed by atoms with Crippen molar-refractivity contribution in [2.24, 2.45) is 0 Å². The Bertz CT molecular complexity index is 900. The van der Waals surface area contributed by atoms with E-state index in [1.165, 1.54) is 11.3 Å². The molecule has 0 unspecified atom stereocenters. The minimum Gasteiger partial charge on any atom is -0.493 e. The third kappa shape index (κ3) is 4.43. The number of nitrogens with one attached hydrogen (secondary N) is 1. The molecule has 4 nitrogen and oxygen atoms in total. The molecule has 0 aliphatic carbocycles. The molecule has 0 bridgehead atoms. The van der Waals surface area contributed by atoms with E-state index >= 15 is 0 Å². The SMILES string of the molecule is COc1cc(C)ccc1OCc1csc(C(=O)Nc2ccc(C)cc2)c1. The molecule has 0 saturated heterocycles. The zero-order valence-electron chi connectivity index (χ0n) is 15.0. The summed E-state index contributed by atoms with van der Waals surface area (Å²) in [6.45, 7) is 4.40. The van der Waals surface area contributed by atoms with E-state index in [-0.39, 0.29) is 5.91 Å². The molecule has 1 N–H and O–H groups in total. The summed E-state index contributed by atoms with van der Waals surface area (Å²) in [6, 6.07) is 15.4. The Hall–Kier alpha value is -2.79. The molecule has 0 saturated carbocycles. The number of carbonyl (C=O) groups excluding carboxylic acids is 1. The number of rotatable bonds is 6. The van der Waals surface area contributed by atoms with Crippen LogP contribution in [0.5, 0.6) is 11.5 Å². The van der Waals surface area contributed by atoms with Gasteiger partial charge in [-0.3, -0.25) is 4.79 Å². The van der Waals surface area contributed by atoms with Gasteiger partial charge in [0.2, 0.25) is 0 Å². The van der Waals surface area contributed by atoms with Crippen LogP contribution in [-0.4, -0.2) is 13.0 Å². The Balaban J connectivity index is 1.62. The first-order valence-electron chi connectivity index (χ1n) is 8.28. The minimum atomic E-state index is -0.113. The van der Waals surface area contributed by atoms with Crippen LogP contribution in [0.1, 0.15) is 26.4 Å². The van der Waals surface area contributed by atoms with Gasteiger partial charge in [0.15, 0.2) is 11.5 Å². The normalized spacial score (nSPS) is 10.4. The summed E-state index contributed by atoms with van der Waals surface area (Å²) in [6.07, 6.45) is 0. The lowest BCUT2D eigenvalue weighted by atomic mass is 10.2. The number of aryl methyl sites for hydroxylation is 2. The van der Waals surface area contributed by atoms with Crippen LogP contribution in [0.25, 0.3) is 0 Å². The van der Waals surface area contributed by atoms with Crippen molar-refractivity contribution in [3.8, 4) is 11.5 Å². The molecular weight excluding hydrogens is 346 g/mol. The molecule has 1 amide bonds. The number of anilines is 1. The third-order valence-corrected chi connectivity index (χ3v) is 4.88. The molecule has 134 valence electrons. The van der Waals surface area contributed by atoms with E-state index in [4.69, 9.17) is 9.47 Å². The minimum absolute atomic E-state index is 0.113. The van der Waals surface area contributed by atoms with E-state index in [0.717, 1.165) is 22.4 Å². The van der Waals surface area contributed by atoms with E-state index in [0.29, 0.717) is 23.0 Å². The molecule has 26 heavy (non-hydrogen) atoms. The Morgan fingerprint density at radius 1 is 1.00 bits per heavy atom. The van der Waals surface area contributed by atoms with Crippen LogP contribution in [-0.2, 0) is 6.61 Å². The van der Waals surface area contributed by atoms with Gasteiger partial charge in [-0.05, 0) is 55.1 Å². The Labute approximate surface area is 157 Å². The third-order valence-electron chi connectivity index (χ3n) is 3.90. The highest BCUT2D eigenvalue weighted by atomic mass is 32.1. The highest BCUT2D eigenvalue weighted by molar-refractivity contribution is 7.12. The van der Waals surface area contributed by atoms with Gasteiger partial charge in [-0.15, -0.1) is 11.3 Å². The summed E-state index contributed by atoms with van der Waals surface area (Å²) in [5, 5.41) is 4.84. The summed E-state index contributed by atoms with van der Waals surface area (Å²) in [4.78, 5) is 13.0. The van der Waals surface area contributed by atoms with Crippen LogP contribution >= 0.6 is 11.3 Å². The molecule has 0 aliphatic heterocycles. The quantitative estimate of drug-likeness (QED) is 0.651. The lowest BCUT2D eigenvalue weighted by molar-refractivity contribution is 0.103. The Morgan fingerprint density at radius 2 is 1.73 bits per heavy atom. The molecule has 0 fully saturated rings. The van der Waals surface area contributed by atoms with Gasteiger partial charge in [0.05, 0.1) is 12.0 Å². The predicted octanol–water partition coefficient (Wildman–Crippen LogP) is 5.20. The zero-order chi connectivity index (χ0) is 18.5. The number of benzene rings is 2. The fourth-order valence-corrected chi connectivity index (χ4v) is 3.25. The first-order valence-corrected chi connectivity index (χ1v) is 9.16. The van der Waals surface area contributed by atoms with Gasteiger partial charge in [0.25, 0.3) is 5.91 Å². The van der Waals surface area contributed by atoms with Crippen molar-refractivity contribution in [1.29, 1.82) is 0 Å². The number of methoxy groups -OCH3 is 1. The van der Waals surface area contributed by atoms with E-state index in [1.807, 2.05) is 67.8 Å². The average Bonchev–Trinajstić information content (AvgIpc) is 3.11. The van der Waals surface area contributed by atoms with Gasteiger partial charge in [-0.2, -0.15) is 0 Å². The molecule has 5 heteroatoms. The van der Waals surface area contributed by atoms with Crippen molar-refractivity contribution in [2.45, 2.75) is 20.5 Å². The van der Waals surface area contributed by atoms with Gasteiger partial charge in [-0.1, -0.05) is 23.8 Å². The maximum atomic E-state index is 12.4. The van der Waals surface area contributed by atoms with Gasteiger partial charge in [0.1, 0.15) is 6.61 Å². The highest BCUT2D eigenvalue weighted by Gasteiger charge is 2.11. The molecule has 0 atom stereocenters. The largest absolute Gasteiger partial charge is 0.493 e. The summed E-state index contributed by atoms with van der Waals surface area (Å²) < 4.78 is 11.2. The van der Waals surface area contributed by atoms with Crippen molar-refractivity contribution in [3.63, 3.8) is 0 Å². The number of thiophene rings is 1. The lowest BCUT2D eigenvalue weighted by Crippen LogP contribution is -2.10. The standard InChI is InChI=1S/C21H21NO3S/c1-14-4-7-17(8-5-14)22-21(23)20-11-16(13-26-20)12-25-18-9-6-15(2)10-19(18)24-3/h4-11,13H,12H2,1-3H3,(H,22,23). The van der Waals surface area contributed by atoms with E-state index < -0.39 is 0 Å². The first-order chi connectivity index (χ1) is 12.5. The van der Waals surface area contributed by atoms with Crippen molar-refractivity contribution in [2.75, 3.05) is 12.4 Å². The van der Waals surface area contributed by atoms with Gasteiger partial charge in [-0.25, -0.2) is 0 Å². The van der Waals surface area contributed by atoms with Crippen LogP contribution in [0.4, 0.5) is 5.69 Å². The topological polar surface area (TPSA) is 47.6 Å². The number of carbonyl (C=O) groups is 1. The molecule has 0 spiro atoms. The molecular formula is C21H21NO3S. The Morgan fingerprint density at radius 3 is 2.46 bits per heavy atom. The number of hydrogen-bond donors (Lipinski definition) is 1. The molecule has 3 aromatic rings. The number of ether oxygens (including phenoxy) is 2. The fourth-order valence-electron chi connectivity index (χ4n) is 2.46. The zero-order valence-corrected chi connectivity index (χ0v) is 15.9.